The van der Waals surface area contributed by atoms with E-state index >= 15 is 0 Å². The van der Waals surface area contributed by atoms with Gasteiger partial charge in [0.25, 0.3) is 5.91 Å². The van der Waals surface area contributed by atoms with E-state index in [1.165, 1.54) is 11.3 Å². The average Bonchev–Trinajstić information content (AvgIpc) is 3.04. The number of carbonyl (C=O) groups is 1. The summed E-state index contributed by atoms with van der Waals surface area (Å²) in [6.45, 7) is 10.3. The van der Waals surface area contributed by atoms with Crippen molar-refractivity contribution in [3.63, 3.8) is 0 Å². The molecule has 1 N–H and O–H groups in total. The standard InChI is InChI=1S/C16H25N5O2S/c1-9(2)14-17-10(3)12(24-14)13(22)19-16(4,5)15-18-11(23-20-15)8-21(6)7/h9H,8H2,1-7H3,(H,19,22). The number of carbonyl (C=O) groups excluding carboxylic acids is 1. The lowest BCUT2D eigenvalue weighted by atomic mass is 10.0. The van der Waals surface area contributed by atoms with Crippen molar-refractivity contribution in [1.29, 1.82) is 0 Å². The van der Waals surface area contributed by atoms with Crippen LogP contribution in [0.25, 0.3) is 0 Å². The van der Waals surface area contributed by atoms with Crippen LogP contribution in [0, 0.1) is 6.92 Å². The Labute approximate surface area is 146 Å². The first-order valence-electron chi connectivity index (χ1n) is 7.87. The van der Waals surface area contributed by atoms with Crippen molar-refractivity contribution in [3.8, 4) is 0 Å². The van der Waals surface area contributed by atoms with Crippen molar-refractivity contribution >= 4 is 17.2 Å². The highest BCUT2D eigenvalue weighted by Gasteiger charge is 2.30. The Morgan fingerprint density at radius 2 is 2.00 bits per heavy atom. The van der Waals surface area contributed by atoms with Crippen molar-refractivity contribution < 1.29 is 9.32 Å². The monoisotopic (exact) mass is 351 g/mol. The molecule has 7 nitrogen and oxygen atoms in total. The second kappa shape index (κ2) is 6.98. The first-order chi connectivity index (χ1) is 11.1. The lowest BCUT2D eigenvalue weighted by Crippen LogP contribution is -2.41. The third kappa shape index (κ3) is 4.18. The molecular formula is C16H25N5O2S. The van der Waals surface area contributed by atoms with Crippen molar-refractivity contribution in [2.24, 2.45) is 0 Å². The molecular weight excluding hydrogens is 326 g/mol. The molecule has 2 aromatic heterocycles. The lowest BCUT2D eigenvalue weighted by Gasteiger charge is -2.22. The predicted octanol–water partition coefficient (Wildman–Crippen LogP) is 2.68. The molecule has 0 saturated heterocycles. The van der Waals surface area contributed by atoms with Gasteiger partial charge in [-0.15, -0.1) is 11.3 Å². The Hall–Kier alpha value is -1.80. The molecule has 0 aliphatic rings. The Bertz CT molecular complexity index is 718. The zero-order valence-electron chi connectivity index (χ0n) is 15.3. The molecule has 0 atom stereocenters. The van der Waals surface area contributed by atoms with Gasteiger partial charge >= 0.3 is 0 Å². The molecule has 0 saturated carbocycles. The third-order valence-electron chi connectivity index (χ3n) is 3.42. The van der Waals surface area contributed by atoms with Crippen molar-refractivity contribution in [2.45, 2.75) is 52.6 Å². The average molecular weight is 351 g/mol. The van der Waals surface area contributed by atoms with Crippen molar-refractivity contribution in [2.75, 3.05) is 14.1 Å². The van der Waals surface area contributed by atoms with Crippen LogP contribution >= 0.6 is 11.3 Å². The molecule has 0 aliphatic carbocycles. The summed E-state index contributed by atoms with van der Waals surface area (Å²) in [5.41, 5.74) is 0.0120. The highest BCUT2D eigenvalue weighted by atomic mass is 32.1. The Morgan fingerprint density at radius 1 is 1.33 bits per heavy atom. The minimum absolute atomic E-state index is 0.166. The number of nitrogens with zero attached hydrogens (tertiary/aromatic N) is 4. The summed E-state index contributed by atoms with van der Waals surface area (Å²) in [6.07, 6.45) is 0. The maximum atomic E-state index is 12.6. The Morgan fingerprint density at radius 3 is 2.54 bits per heavy atom. The van der Waals surface area contributed by atoms with Gasteiger partial charge in [-0.3, -0.25) is 4.79 Å². The van der Waals surface area contributed by atoms with Gasteiger partial charge < -0.3 is 14.7 Å². The highest BCUT2D eigenvalue weighted by Crippen LogP contribution is 2.26. The molecule has 8 heteroatoms. The van der Waals surface area contributed by atoms with Gasteiger partial charge in [0.05, 0.1) is 22.8 Å². The Balaban J connectivity index is 2.16. The van der Waals surface area contributed by atoms with Crippen molar-refractivity contribution in [1.82, 2.24) is 25.3 Å². The zero-order chi connectivity index (χ0) is 18.1. The number of aryl methyl sites for hydroxylation is 1. The van der Waals surface area contributed by atoms with Gasteiger partial charge in [-0.2, -0.15) is 4.98 Å². The Kier molecular flexibility index (Phi) is 5.39. The topological polar surface area (TPSA) is 84.2 Å². The van der Waals surface area contributed by atoms with E-state index in [0.717, 1.165) is 10.7 Å². The number of aromatic nitrogens is 3. The summed E-state index contributed by atoms with van der Waals surface area (Å²) in [5, 5.41) is 7.95. The van der Waals surface area contributed by atoms with Crippen LogP contribution in [-0.4, -0.2) is 40.0 Å². The molecule has 132 valence electrons. The van der Waals surface area contributed by atoms with Crippen molar-refractivity contribution in [3.05, 3.63) is 27.3 Å². The number of rotatable bonds is 6. The van der Waals surface area contributed by atoms with Crippen LogP contribution in [0.2, 0.25) is 0 Å². The van der Waals surface area contributed by atoms with Crippen LogP contribution in [0.4, 0.5) is 0 Å². The molecule has 0 radical (unpaired) electrons. The summed E-state index contributed by atoms with van der Waals surface area (Å²) >= 11 is 1.43. The summed E-state index contributed by atoms with van der Waals surface area (Å²) in [6, 6.07) is 0. The van der Waals surface area contributed by atoms with Crippen LogP contribution in [-0.2, 0) is 12.1 Å². The molecule has 0 fully saturated rings. The predicted molar refractivity (Wildman–Crippen MR) is 93.1 cm³/mol. The fourth-order valence-electron chi connectivity index (χ4n) is 2.11. The summed E-state index contributed by atoms with van der Waals surface area (Å²) in [5.74, 6) is 1.11. The molecule has 0 spiro atoms. The van der Waals surface area contributed by atoms with E-state index in [1.54, 1.807) is 0 Å². The smallest absolute Gasteiger partial charge is 0.264 e. The first kappa shape index (κ1) is 18.5. The SMILES string of the molecule is Cc1nc(C(C)C)sc1C(=O)NC(C)(C)c1noc(CN(C)C)n1. The van der Waals surface area contributed by atoms with E-state index in [2.05, 4.69) is 34.3 Å². The molecule has 1 amide bonds. The second-order valence-corrected chi connectivity index (χ2v) is 7.98. The number of hydrogen-bond acceptors (Lipinski definition) is 7. The zero-order valence-corrected chi connectivity index (χ0v) is 16.1. The number of nitrogens with one attached hydrogen (secondary N) is 1. The van der Waals surface area contributed by atoms with Crippen LogP contribution in [0.5, 0.6) is 0 Å². The normalized spacial score (nSPS) is 12.2. The fourth-order valence-corrected chi connectivity index (χ4v) is 3.08. The fraction of sp³-hybridized carbons (Fsp3) is 0.625. The van der Waals surface area contributed by atoms with E-state index in [9.17, 15) is 4.79 Å². The van der Waals surface area contributed by atoms with Gasteiger partial charge in [-0.05, 0) is 34.9 Å². The molecule has 0 aliphatic heterocycles. The number of hydrogen-bond donors (Lipinski definition) is 1. The van der Waals surface area contributed by atoms with Crippen LogP contribution in [0.15, 0.2) is 4.52 Å². The molecule has 0 aromatic carbocycles. The van der Waals surface area contributed by atoms with Gasteiger partial charge in [0, 0.05) is 5.92 Å². The number of amides is 1. The van der Waals surface area contributed by atoms with Gasteiger partial charge in [-0.25, -0.2) is 4.98 Å². The summed E-state index contributed by atoms with van der Waals surface area (Å²) in [7, 11) is 3.85. The molecule has 0 unspecified atom stereocenters. The van der Waals surface area contributed by atoms with Crippen LogP contribution in [0.1, 0.15) is 65.7 Å². The van der Waals surface area contributed by atoms with E-state index in [1.807, 2.05) is 39.8 Å². The maximum Gasteiger partial charge on any atom is 0.264 e. The molecule has 24 heavy (non-hydrogen) atoms. The highest BCUT2D eigenvalue weighted by molar-refractivity contribution is 7.13. The van der Waals surface area contributed by atoms with Gasteiger partial charge in [0.1, 0.15) is 4.88 Å². The van der Waals surface area contributed by atoms with E-state index < -0.39 is 5.54 Å². The van der Waals surface area contributed by atoms with Crippen LogP contribution in [0.3, 0.4) is 0 Å². The molecule has 0 bridgehead atoms. The summed E-state index contributed by atoms with van der Waals surface area (Å²) in [4.78, 5) is 24.1. The summed E-state index contributed by atoms with van der Waals surface area (Å²) < 4.78 is 5.24. The number of thiazole rings is 1. The first-order valence-corrected chi connectivity index (χ1v) is 8.69. The minimum Gasteiger partial charge on any atom is -0.339 e. The molecule has 2 aromatic rings. The molecule has 2 rings (SSSR count). The van der Waals surface area contributed by atoms with E-state index in [-0.39, 0.29) is 5.91 Å². The minimum atomic E-state index is -0.737. The van der Waals surface area contributed by atoms with Crippen LogP contribution < -0.4 is 5.32 Å². The quantitative estimate of drug-likeness (QED) is 0.861. The lowest BCUT2D eigenvalue weighted by molar-refractivity contribution is 0.0911. The van der Waals surface area contributed by atoms with Gasteiger partial charge in [0.2, 0.25) is 5.89 Å². The van der Waals surface area contributed by atoms with Gasteiger partial charge in [-0.1, -0.05) is 19.0 Å². The maximum absolute atomic E-state index is 12.6. The van der Waals surface area contributed by atoms with E-state index in [4.69, 9.17) is 4.52 Å². The van der Waals surface area contributed by atoms with Gasteiger partial charge in [0.15, 0.2) is 5.82 Å². The molecule has 2 heterocycles. The second-order valence-electron chi connectivity index (χ2n) is 6.95. The van der Waals surface area contributed by atoms with E-state index in [0.29, 0.717) is 29.1 Å². The third-order valence-corrected chi connectivity index (χ3v) is 4.87. The largest absolute Gasteiger partial charge is 0.339 e.